The molecule has 1 atom stereocenters. The number of hydrogen-bond donors (Lipinski definition) is 1. The van der Waals surface area contributed by atoms with Crippen molar-refractivity contribution >= 4 is 23.2 Å². The highest BCUT2D eigenvalue weighted by molar-refractivity contribution is 6.02. The number of amides is 2. The number of nitro benzene ring substituents is 1. The molecule has 2 rings (SSSR count). The topological polar surface area (TPSA) is 102 Å². The lowest BCUT2D eigenvalue weighted by atomic mass is 9.83. The van der Waals surface area contributed by atoms with Crippen LogP contribution in [-0.4, -0.2) is 35.9 Å². The molecular weight excluding hydrogens is 362 g/mol. The molecule has 0 bridgehead atoms. The van der Waals surface area contributed by atoms with Crippen LogP contribution in [0.1, 0.15) is 47.5 Å². The Kier molecular flexibility index (Phi) is 6.64. The van der Waals surface area contributed by atoms with Gasteiger partial charge in [-0.3, -0.25) is 24.6 Å². The molecule has 1 aliphatic heterocycles. The zero-order chi connectivity index (χ0) is 21.1. The van der Waals surface area contributed by atoms with Crippen LogP contribution in [0.2, 0.25) is 0 Å². The van der Waals surface area contributed by atoms with Crippen LogP contribution < -0.4 is 15.0 Å². The second-order valence-corrected chi connectivity index (χ2v) is 8.64. The average molecular weight is 391 g/mol. The molecule has 154 valence electrons. The lowest BCUT2D eigenvalue weighted by molar-refractivity contribution is -0.384. The summed E-state index contributed by atoms with van der Waals surface area (Å²) in [5, 5.41) is 14.1. The molecule has 1 N–H and O–H groups in total. The maximum Gasteiger partial charge on any atom is 0.271 e. The van der Waals surface area contributed by atoms with Crippen LogP contribution >= 0.6 is 0 Å². The minimum absolute atomic E-state index is 0.0388. The molecule has 0 spiro atoms. The molecule has 0 aliphatic carbocycles. The molecule has 28 heavy (non-hydrogen) atoms. The van der Waals surface area contributed by atoms with Gasteiger partial charge < -0.3 is 10.1 Å². The van der Waals surface area contributed by atoms with Crippen molar-refractivity contribution < 1.29 is 19.2 Å². The third-order valence-electron chi connectivity index (χ3n) is 4.81. The van der Waals surface area contributed by atoms with E-state index in [4.69, 9.17) is 4.74 Å². The van der Waals surface area contributed by atoms with E-state index in [9.17, 15) is 19.7 Å². The molecule has 8 nitrogen and oxygen atoms in total. The summed E-state index contributed by atoms with van der Waals surface area (Å²) in [6, 6.07) is 3.99. The van der Waals surface area contributed by atoms with Crippen molar-refractivity contribution in [1.82, 2.24) is 5.32 Å². The van der Waals surface area contributed by atoms with Gasteiger partial charge >= 0.3 is 0 Å². The standard InChI is InChI=1S/C20H29N3O5/c1-13(2)6-9-17(20(3,4)5)21-18(24)11-22-15-10-14(23(26)27)7-8-16(15)28-12-19(22)25/h7-8,10,13,17H,6,9,11-12H2,1-5H3,(H,21,24). The number of hydrogen-bond acceptors (Lipinski definition) is 5. The quantitative estimate of drug-likeness (QED) is 0.568. The van der Waals surface area contributed by atoms with Crippen LogP contribution in [0.15, 0.2) is 18.2 Å². The number of anilines is 1. The summed E-state index contributed by atoms with van der Waals surface area (Å²) in [6.07, 6.45) is 1.82. The van der Waals surface area contributed by atoms with E-state index >= 15 is 0 Å². The van der Waals surface area contributed by atoms with Crippen molar-refractivity contribution in [3.8, 4) is 5.75 Å². The van der Waals surface area contributed by atoms with E-state index in [1.165, 1.54) is 23.1 Å². The van der Waals surface area contributed by atoms with Crippen LogP contribution in [0.3, 0.4) is 0 Å². The van der Waals surface area contributed by atoms with Gasteiger partial charge in [0.25, 0.3) is 11.6 Å². The second-order valence-electron chi connectivity index (χ2n) is 8.64. The minimum Gasteiger partial charge on any atom is -0.482 e. The lowest BCUT2D eigenvalue weighted by Gasteiger charge is -2.34. The van der Waals surface area contributed by atoms with Crippen LogP contribution in [0.4, 0.5) is 11.4 Å². The number of rotatable bonds is 7. The predicted octanol–water partition coefficient (Wildman–Crippen LogP) is 3.29. The molecule has 0 aromatic heterocycles. The number of carbonyl (C=O) groups is 2. The third-order valence-corrected chi connectivity index (χ3v) is 4.81. The number of non-ortho nitro benzene ring substituents is 1. The van der Waals surface area contributed by atoms with Crippen molar-refractivity contribution in [3.63, 3.8) is 0 Å². The molecule has 0 fully saturated rings. The Morgan fingerprint density at radius 3 is 2.57 bits per heavy atom. The van der Waals surface area contributed by atoms with E-state index in [2.05, 4.69) is 39.9 Å². The first-order chi connectivity index (χ1) is 13.0. The number of benzene rings is 1. The number of carbonyl (C=O) groups excluding carboxylic acids is 2. The average Bonchev–Trinajstić information content (AvgIpc) is 2.59. The number of nitrogens with one attached hydrogen (secondary N) is 1. The Morgan fingerprint density at radius 1 is 1.32 bits per heavy atom. The van der Waals surface area contributed by atoms with Crippen LogP contribution in [0, 0.1) is 21.4 Å². The first kappa shape index (κ1) is 21.7. The Labute approximate surface area is 165 Å². The fourth-order valence-corrected chi connectivity index (χ4v) is 3.08. The number of nitrogens with zero attached hydrogens (tertiary/aromatic N) is 2. The van der Waals surface area contributed by atoms with Gasteiger partial charge in [0.2, 0.25) is 5.91 Å². The number of nitro groups is 1. The molecular formula is C20H29N3O5. The zero-order valence-corrected chi connectivity index (χ0v) is 17.2. The third kappa shape index (κ3) is 5.43. The van der Waals surface area contributed by atoms with E-state index in [0.29, 0.717) is 11.7 Å². The maximum absolute atomic E-state index is 12.7. The molecule has 0 radical (unpaired) electrons. The highest BCUT2D eigenvalue weighted by Crippen LogP contribution is 2.35. The molecule has 1 aromatic rings. The van der Waals surface area contributed by atoms with Gasteiger partial charge in [-0.2, -0.15) is 0 Å². The fourth-order valence-electron chi connectivity index (χ4n) is 3.08. The van der Waals surface area contributed by atoms with Crippen molar-refractivity contribution in [1.29, 1.82) is 0 Å². The summed E-state index contributed by atoms with van der Waals surface area (Å²) in [6.45, 7) is 10.1. The summed E-state index contributed by atoms with van der Waals surface area (Å²) in [7, 11) is 0. The molecule has 1 unspecified atom stereocenters. The van der Waals surface area contributed by atoms with E-state index < -0.39 is 10.8 Å². The monoisotopic (exact) mass is 391 g/mol. The zero-order valence-electron chi connectivity index (χ0n) is 17.2. The van der Waals surface area contributed by atoms with Gasteiger partial charge in [0, 0.05) is 18.2 Å². The van der Waals surface area contributed by atoms with E-state index in [0.717, 1.165) is 12.8 Å². The smallest absolute Gasteiger partial charge is 0.271 e. The Bertz CT molecular complexity index is 755. The summed E-state index contributed by atoms with van der Waals surface area (Å²) < 4.78 is 5.34. The lowest BCUT2D eigenvalue weighted by Crippen LogP contribution is -2.50. The molecule has 1 aliphatic rings. The highest BCUT2D eigenvalue weighted by atomic mass is 16.6. The SMILES string of the molecule is CC(C)CCC(NC(=O)CN1C(=O)COc2ccc([N+](=O)[O-])cc21)C(C)(C)C. The number of fused-ring (bicyclic) bond motifs is 1. The normalized spacial score (nSPS) is 15.1. The van der Waals surface area contributed by atoms with Gasteiger partial charge in [-0.15, -0.1) is 0 Å². The minimum atomic E-state index is -0.542. The molecule has 1 heterocycles. The van der Waals surface area contributed by atoms with Gasteiger partial charge in [-0.25, -0.2) is 0 Å². The van der Waals surface area contributed by atoms with Crippen molar-refractivity contribution in [3.05, 3.63) is 28.3 Å². The van der Waals surface area contributed by atoms with Crippen LogP contribution in [0.5, 0.6) is 5.75 Å². The fraction of sp³-hybridized carbons (Fsp3) is 0.600. The van der Waals surface area contributed by atoms with Crippen molar-refractivity contribution in [2.75, 3.05) is 18.1 Å². The van der Waals surface area contributed by atoms with E-state index in [-0.39, 0.29) is 41.9 Å². The first-order valence-corrected chi connectivity index (χ1v) is 9.50. The summed E-state index contributed by atoms with van der Waals surface area (Å²) in [5.41, 5.74) is -0.0435. The Balaban J connectivity index is 2.17. The Hall–Kier alpha value is -2.64. The van der Waals surface area contributed by atoms with Crippen LogP contribution in [0.25, 0.3) is 0 Å². The molecule has 8 heteroatoms. The first-order valence-electron chi connectivity index (χ1n) is 9.50. The van der Waals surface area contributed by atoms with E-state index in [1.54, 1.807) is 0 Å². The number of ether oxygens (including phenoxy) is 1. The summed E-state index contributed by atoms with van der Waals surface area (Å²) >= 11 is 0. The van der Waals surface area contributed by atoms with Gasteiger partial charge in [-0.05, 0) is 30.2 Å². The largest absolute Gasteiger partial charge is 0.482 e. The predicted molar refractivity (Wildman–Crippen MR) is 106 cm³/mol. The molecule has 2 amide bonds. The maximum atomic E-state index is 12.7. The van der Waals surface area contributed by atoms with Crippen molar-refractivity contribution in [2.24, 2.45) is 11.3 Å². The summed E-state index contributed by atoms with van der Waals surface area (Å²) in [4.78, 5) is 36.8. The molecule has 0 saturated carbocycles. The Morgan fingerprint density at radius 2 is 2.00 bits per heavy atom. The molecule has 0 saturated heterocycles. The van der Waals surface area contributed by atoms with Crippen molar-refractivity contribution in [2.45, 2.75) is 53.5 Å². The van der Waals surface area contributed by atoms with Gasteiger partial charge in [0.1, 0.15) is 12.3 Å². The summed E-state index contributed by atoms with van der Waals surface area (Å²) in [5.74, 6) is 0.175. The van der Waals surface area contributed by atoms with Crippen LogP contribution in [-0.2, 0) is 9.59 Å². The van der Waals surface area contributed by atoms with Gasteiger partial charge in [-0.1, -0.05) is 34.6 Å². The van der Waals surface area contributed by atoms with Gasteiger partial charge in [0.15, 0.2) is 6.61 Å². The second kappa shape index (κ2) is 8.58. The van der Waals surface area contributed by atoms with Gasteiger partial charge in [0.05, 0.1) is 10.6 Å². The molecule has 1 aromatic carbocycles. The highest BCUT2D eigenvalue weighted by Gasteiger charge is 2.31. The van der Waals surface area contributed by atoms with E-state index in [1.807, 2.05) is 0 Å².